The van der Waals surface area contributed by atoms with E-state index >= 15 is 0 Å². The Morgan fingerprint density at radius 2 is 1.90 bits per heavy atom. The van der Waals surface area contributed by atoms with E-state index in [9.17, 15) is 4.79 Å². The Morgan fingerprint density at radius 1 is 1.15 bits per heavy atom. The molecular formula is C16H13BrN2O. The largest absolute Gasteiger partial charge is 0.322 e. The second-order valence-corrected chi connectivity index (χ2v) is 5.41. The van der Waals surface area contributed by atoms with E-state index in [2.05, 4.69) is 27.3 Å². The van der Waals surface area contributed by atoms with Crippen molar-refractivity contribution in [3.8, 4) is 6.07 Å². The lowest BCUT2D eigenvalue weighted by Crippen LogP contribution is -2.13. The maximum atomic E-state index is 12.2. The van der Waals surface area contributed by atoms with Gasteiger partial charge in [-0.3, -0.25) is 4.79 Å². The quantitative estimate of drug-likeness (QED) is 0.898. The van der Waals surface area contributed by atoms with Crippen LogP contribution in [0.4, 0.5) is 5.69 Å². The molecule has 2 aromatic carbocycles. The maximum Gasteiger partial charge on any atom is 0.255 e. The van der Waals surface area contributed by atoms with Crippen LogP contribution in [0.5, 0.6) is 0 Å². The number of halogens is 1. The first-order chi connectivity index (χ1) is 9.51. The SMILES string of the molecule is Cc1cc(C(=O)Nc2cc(C#N)ccc2C)ccc1Br. The Morgan fingerprint density at radius 3 is 2.55 bits per heavy atom. The summed E-state index contributed by atoms with van der Waals surface area (Å²) >= 11 is 3.41. The molecule has 0 radical (unpaired) electrons. The molecule has 2 aromatic rings. The van der Waals surface area contributed by atoms with Gasteiger partial charge >= 0.3 is 0 Å². The highest BCUT2D eigenvalue weighted by atomic mass is 79.9. The first-order valence-corrected chi connectivity index (χ1v) is 6.89. The Balaban J connectivity index is 2.28. The minimum atomic E-state index is -0.182. The van der Waals surface area contributed by atoms with Crippen molar-refractivity contribution >= 4 is 27.5 Å². The van der Waals surface area contributed by atoms with Crippen LogP contribution in [0.3, 0.4) is 0 Å². The smallest absolute Gasteiger partial charge is 0.255 e. The van der Waals surface area contributed by atoms with Gasteiger partial charge in [0.15, 0.2) is 0 Å². The van der Waals surface area contributed by atoms with Gasteiger partial charge in [-0.15, -0.1) is 0 Å². The van der Waals surface area contributed by atoms with Crippen molar-refractivity contribution in [2.75, 3.05) is 5.32 Å². The first kappa shape index (κ1) is 14.3. The number of hydrogen-bond acceptors (Lipinski definition) is 2. The molecule has 0 saturated carbocycles. The van der Waals surface area contributed by atoms with Crippen LogP contribution in [0.2, 0.25) is 0 Å². The summed E-state index contributed by atoms with van der Waals surface area (Å²) in [7, 11) is 0. The molecule has 3 nitrogen and oxygen atoms in total. The van der Waals surface area contributed by atoms with E-state index in [1.807, 2.05) is 32.0 Å². The summed E-state index contributed by atoms with van der Waals surface area (Å²) in [4.78, 5) is 12.2. The van der Waals surface area contributed by atoms with Gasteiger partial charge in [-0.1, -0.05) is 22.0 Å². The van der Waals surface area contributed by atoms with Gasteiger partial charge in [-0.2, -0.15) is 5.26 Å². The molecule has 4 heteroatoms. The third-order valence-corrected chi connectivity index (χ3v) is 3.92. The molecule has 0 aliphatic heterocycles. The summed E-state index contributed by atoms with van der Waals surface area (Å²) in [5.74, 6) is -0.182. The molecule has 0 unspecified atom stereocenters. The maximum absolute atomic E-state index is 12.2. The van der Waals surface area contributed by atoms with E-state index in [1.165, 1.54) is 0 Å². The van der Waals surface area contributed by atoms with E-state index in [1.54, 1.807) is 18.2 Å². The van der Waals surface area contributed by atoms with Gasteiger partial charge in [0, 0.05) is 15.7 Å². The van der Waals surface area contributed by atoms with Crippen molar-refractivity contribution in [3.63, 3.8) is 0 Å². The number of rotatable bonds is 2. The molecule has 0 atom stereocenters. The van der Waals surface area contributed by atoms with Crippen LogP contribution in [-0.2, 0) is 0 Å². The molecule has 0 spiro atoms. The zero-order chi connectivity index (χ0) is 14.7. The highest BCUT2D eigenvalue weighted by Gasteiger charge is 2.09. The topological polar surface area (TPSA) is 52.9 Å². The fourth-order valence-electron chi connectivity index (χ4n) is 1.81. The van der Waals surface area contributed by atoms with Crippen LogP contribution in [-0.4, -0.2) is 5.91 Å². The monoisotopic (exact) mass is 328 g/mol. The van der Waals surface area contributed by atoms with Gasteiger partial charge < -0.3 is 5.32 Å². The molecule has 0 heterocycles. The van der Waals surface area contributed by atoms with E-state index in [0.717, 1.165) is 15.6 Å². The first-order valence-electron chi connectivity index (χ1n) is 6.09. The molecule has 0 bridgehead atoms. The normalized spacial score (nSPS) is 9.90. The zero-order valence-electron chi connectivity index (χ0n) is 11.2. The second kappa shape index (κ2) is 5.89. The van der Waals surface area contributed by atoms with Gasteiger partial charge in [0.05, 0.1) is 11.6 Å². The lowest BCUT2D eigenvalue weighted by molar-refractivity contribution is 0.102. The van der Waals surface area contributed by atoms with Crippen molar-refractivity contribution in [2.45, 2.75) is 13.8 Å². The molecule has 0 aliphatic rings. The molecule has 0 aliphatic carbocycles. The molecule has 0 fully saturated rings. The molecule has 1 amide bonds. The Bertz CT molecular complexity index is 717. The third-order valence-electron chi connectivity index (χ3n) is 3.04. The summed E-state index contributed by atoms with van der Waals surface area (Å²) in [6.07, 6.45) is 0. The number of anilines is 1. The predicted molar refractivity (Wildman–Crippen MR) is 82.7 cm³/mol. The molecule has 0 aromatic heterocycles. The van der Waals surface area contributed by atoms with Crippen molar-refractivity contribution in [1.82, 2.24) is 0 Å². The Kier molecular flexibility index (Phi) is 4.21. The molecule has 2 rings (SSSR count). The summed E-state index contributed by atoms with van der Waals surface area (Å²) in [5.41, 5.74) is 3.70. The van der Waals surface area contributed by atoms with Crippen molar-refractivity contribution in [2.24, 2.45) is 0 Å². The van der Waals surface area contributed by atoms with Crippen molar-refractivity contribution in [1.29, 1.82) is 5.26 Å². The molecule has 0 saturated heterocycles. The fraction of sp³-hybridized carbons (Fsp3) is 0.125. The number of amides is 1. The van der Waals surface area contributed by atoms with Gasteiger partial charge in [0.1, 0.15) is 0 Å². The van der Waals surface area contributed by atoms with Gasteiger partial charge in [-0.25, -0.2) is 0 Å². The van der Waals surface area contributed by atoms with Gasteiger partial charge in [0.2, 0.25) is 0 Å². The van der Waals surface area contributed by atoms with Crippen LogP contribution in [0.15, 0.2) is 40.9 Å². The zero-order valence-corrected chi connectivity index (χ0v) is 12.8. The van der Waals surface area contributed by atoms with E-state index in [4.69, 9.17) is 5.26 Å². The van der Waals surface area contributed by atoms with Crippen LogP contribution in [0.25, 0.3) is 0 Å². The van der Waals surface area contributed by atoms with Crippen LogP contribution in [0, 0.1) is 25.2 Å². The minimum Gasteiger partial charge on any atom is -0.322 e. The van der Waals surface area contributed by atoms with Crippen LogP contribution in [0.1, 0.15) is 27.0 Å². The highest BCUT2D eigenvalue weighted by Crippen LogP contribution is 2.20. The highest BCUT2D eigenvalue weighted by molar-refractivity contribution is 9.10. The number of benzene rings is 2. The predicted octanol–water partition coefficient (Wildman–Crippen LogP) is 4.19. The van der Waals surface area contributed by atoms with Crippen molar-refractivity contribution < 1.29 is 4.79 Å². The summed E-state index contributed by atoms with van der Waals surface area (Å²) in [6, 6.07) is 12.7. The van der Waals surface area contributed by atoms with E-state index in [-0.39, 0.29) is 5.91 Å². The lowest BCUT2D eigenvalue weighted by Gasteiger charge is -2.09. The van der Waals surface area contributed by atoms with E-state index in [0.29, 0.717) is 16.8 Å². The number of hydrogen-bond donors (Lipinski definition) is 1. The fourth-order valence-corrected chi connectivity index (χ4v) is 2.05. The number of nitrogens with zero attached hydrogens (tertiary/aromatic N) is 1. The molecule has 20 heavy (non-hydrogen) atoms. The average Bonchev–Trinajstić information content (AvgIpc) is 2.44. The number of nitrogens with one attached hydrogen (secondary N) is 1. The van der Waals surface area contributed by atoms with Crippen LogP contribution >= 0.6 is 15.9 Å². The number of nitriles is 1. The van der Waals surface area contributed by atoms with E-state index < -0.39 is 0 Å². The summed E-state index contributed by atoms with van der Waals surface area (Å²) in [5, 5.41) is 11.7. The number of aryl methyl sites for hydroxylation is 2. The second-order valence-electron chi connectivity index (χ2n) is 4.56. The number of carbonyl (C=O) groups excluding carboxylic acids is 1. The molecule has 1 N–H and O–H groups in total. The Hall–Kier alpha value is -2.12. The third kappa shape index (κ3) is 3.06. The van der Waals surface area contributed by atoms with Gasteiger partial charge in [-0.05, 0) is 55.3 Å². The number of carbonyl (C=O) groups is 1. The Labute approximate surface area is 126 Å². The molecular weight excluding hydrogens is 316 g/mol. The minimum absolute atomic E-state index is 0.182. The van der Waals surface area contributed by atoms with Crippen molar-refractivity contribution in [3.05, 3.63) is 63.1 Å². The average molecular weight is 329 g/mol. The standard InChI is InChI=1S/C16H13BrN2O/c1-10-3-4-12(9-18)8-15(10)19-16(20)13-5-6-14(17)11(2)7-13/h3-8H,1-2H3,(H,19,20). The summed E-state index contributed by atoms with van der Waals surface area (Å²) in [6.45, 7) is 3.83. The molecule has 100 valence electrons. The lowest BCUT2D eigenvalue weighted by atomic mass is 10.1. The van der Waals surface area contributed by atoms with Crippen LogP contribution < -0.4 is 5.32 Å². The van der Waals surface area contributed by atoms with Gasteiger partial charge in [0.25, 0.3) is 5.91 Å². The summed E-state index contributed by atoms with van der Waals surface area (Å²) < 4.78 is 0.969.